The molecule has 1 aromatic heterocycles. The van der Waals surface area contributed by atoms with Crippen LogP contribution in [-0.4, -0.2) is 73.9 Å². The van der Waals surface area contributed by atoms with Crippen LogP contribution in [0, 0.1) is 5.92 Å². The molecule has 0 fully saturated rings. The number of nitrogens with one attached hydrogen (secondary N) is 1. The van der Waals surface area contributed by atoms with Crippen LogP contribution in [0.4, 0.5) is 0 Å². The van der Waals surface area contributed by atoms with Gasteiger partial charge in [0.1, 0.15) is 28.5 Å². The number of nitrogens with zero attached hydrogens (tertiary/aromatic N) is 2. The summed E-state index contributed by atoms with van der Waals surface area (Å²) in [6, 6.07) is 14.0. The predicted molar refractivity (Wildman–Crippen MR) is 160 cm³/mol. The number of hydrogen-bond donors (Lipinski definition) is 2. The van der Waals surface area contributed by atoms with E-state index in [2.05, 4.69) is 10.2 Å². The number of aromatic nitrogens is 1. The zero-order chi connectivity index (χ0) is 30.3. The Balaban J connectivity index is 2.17. The van der Waals surface area contributed by atoms with E-state index in [4.69, 9.17) is 30.8 Å². The highest BCUT2D eigenvalue weighted by molar-refractivity contribution is 6.32. The summed E-state index contributed by atoms with van der Waals surface area (Å²) in [6.45, 7) is 6.27. The van der Waals surface area contributed by atoms with E-state index in [9.17, 15) is 14.7 Å². The van der Waals surface area contributed by atoms with Crippen LogP contribution in [0.5, 0.6) is 17.2 Å². The topological polar surface area (TPSA) is 110 Å². The highest BCUT2D eigenvalue weighted by Gasteiger charge is 2.38. The number of aliphatic carboxylic acids is 1. The van der Waals surface area contributed by atoms with Crippen molar-refractivity contribution in [3.05, 3.63) is 59.2 Å². The van der Waals surface area contributed by atoms with Gasteiger partial charge in [-0.05, 0) is 69.8 Å². The Hall–Kier alpha value is -3.82. The molecule has 10 heteroatoms. The van der Waals surface area contributed by atoms with Gasteiger partial charge in [-0.25, -0.2) is 9.78 Å². The first kappa shape index (κ1) is 31.7. The van der Waals surface area contributed by atoms with E-state index in [1.165, 1.54) is 6.92 Å². The van der Waals surface area contributed by atoms with Gasteiger partial charge in [0.2, 0.25) is 0 Å². The summed E-state index contributed by atoms with van der Waals surface area (Å²) in [5, 5.41) is 12.9. The maximum absolute atomic E-state index is 13.4. The third-order valence-electron chi connectivity index (χ3n) is 7.01. The van der Waals surface area contributed by atoms with E-state index in [0.717, 1.165) is 13.0 Å². The van der Waals surface area contributed by atoms with Gasteiger partial charge in [-0.3, -0.25) is 4.79 Å². The van der Waals surface area contributed by atoms with Gasteiger partial charge in [0.25, 0.3) is 5.91 Å². The van der Waals surface area contributed by atoms with Gasteiger partial charge in [-0.2, -0.15) is 0 Å². The third kappa shape index (κ3) is 7.28. The van der Waals surface area contributed by atoms with Crippen molar-refractivity contribution in [1.29, 1.82) is 0 Å². The molecular weight excluding hydrogens is 546 g/mol. The molecule has 41 heavy (non-hydrogen) atoms. The summed E-state index contributed by atoms with van der Waals surface area (Å²) in [6.07, 6.45) is 0.809. The first-order valence-corrected chi connectivity index (χ1v) is 13.7. The van der Waals surface area contributed by atoms with E-state index in [1.54, 1.807) is 58.4 Å². The summed E-state index contributed by atoms with van der Waals surface area (Å²) < 4.78 is 17.3. The molecule has 0 saturated heterocycles. The van der Waals surface area contributed by atoms with Gasteiger partial charge < -0.3 is 29.5 Å². The van der Waals surface area contributed by atoms with E-state index in [1.807, 2.05) is 32.3 Å². The van der Waals surface area contributed by atoms with Gasteiger partial charge in [0, 0.05) is 17.7 Å². The minimum atomic E-state index is -1.49. The number of carboxylic acids is 1. The Kier molecular flexibility index (Phi) is 10.6. The molecule has 9 nitrogen and oxygen atoms in total. The van der Waals surface area contributed by atoms with E-state index < -0.39 is 17.4 Å². The lowest BCUT2D eigenvalue weighted by Gasteiger charge is -2.30. The number of ether oxygens (including phenoxy) is 3. The second kappa shape index (κ2) is 13.7. The Morgan fingerprint density at radius 3 is 2.27 bits per heavy atom. The van der Waals surface area contributed by atoms with Crippen LogP contribution in [-0.2, 0) is 4.79 Å². The molecule has 1 atom stereocenters. The van der Waals surface area contributed by atoms with Gasteiger partial charge >= 0.3 is 5.97 Å². The Morgan fingerprint density at radius 1 is 1.05 bits per heavy atom. The largest absolute Gasteiger partial charge is 0.496 e. The molecule has 0 aliphatic heterocycles. The lowest BCUT2D eigenvalue weighted by Crippen LogP contribution is -2.56. The molecule has 0 spiro atoms. The van der Waals surface area contributed by atoms with Crippen molar-refractivity contribution in [2.24, 2.45) is 5.92 Å². The normalized spacial score (nSPS) is 12.6. The van der Waals surface area contributed by atoms with Crippen molar-refractivity contribution >= 4 is 23.5 Å². The average molecular weight is 584 g/mol. The van der Waals surface area contributed by atoms with E-state index in [-0.39, 0.29) is 11.6 Å². The molecule has 1 amide bonds. The maximum Gasteiger partial charge on any atom is 0.329 e. The Morgan fingerprint density at radius 2 is 1.71 bits per heavy atom. The second-order valence-corrected chi connectivity index (χ2v) is 10.8. The van der Waals surface area contributed by atoms with Crippen molar-refractivity contribution in [2.45, 2.75) is 32.7 Å². The van der Waals surface area contributed by atoms with Gasteiger partial charge in [-0.1, -0.05) is 37.6 Å². The van der Waals surface area contributed by atoms with Crippen molar-refractivity contribution in [3.63, 3.8) is 0 Å². The summed E-state index contributed by atoms with van der Waals surface area (Å²) in [7, 11) is 7.12. The number of pyridine rings is 1. The molecule has 1 heterocycles. The lowest BCUT2D eigenvalue weighted by atomic mass is 9.88. The number of methoxy groups -OCH3 is 2. The molecule has 0 saturated carbocycles. The first-order valence-electron chi connectivity index (χ1n) is 13.3. The molecule has 2 N–H and O–H groups in total. The molecule has 3 aromatic rings. The van der Waals surface area contributed by atoms with E-state index in [0.29, 0.717) is 51.3 Å². The number of carbonyl (C=O) groups is 2. The SMILES string of the molecule is COc1cccc(OC)c1-c1ccc(C(=O)N[C@](C)(C(=O)O)C(C)C)nc1-c1ccc(Cl)c(OCCCN(C)C)c1. The Labute approximate surface area is 246 Å². The number of amides is 1. The van der Waals surface area contributed by atoms with Crippen LogP contribution in [0.1, 0.15) is 37.7 Å². The summed E-state index contributed by atoms with van der Waals surface area (Å²) in [5.74, 6) is -0.531. The van der Waals surface area contributed by atoms with Crippen molar-refractivity contribution in [2.75, 3.05) is 41.5 Å². The van der Waals surface area contributed by atoms with E-state index >= 15 is 0 Å². The zero-order valence-corrected chi connectivity index (χ0v) is 25.3. The van der Waals surface area contributed by atoms with Crippen LogP contribution in [0.25, 0.3) is 22.4 Å². The van der Waals surface area contributed by atoms with Crippen LogP contribution in [0.2, 0.25) is 5.02 Å². The number of carbonyl (C=O) groups excluding carboxylic acids is 1. The Bertz CT molecular complexity index is 1370. The number of halogens is 1. The molecule has 3 rings (SSSR count). The molecule has 2 aromatic carbocycles. The first-order chi connectivity index (χ1) is 19.4. The fourth-order valence-electron chi connectivity index (χ4n) is 4.19. The summed E-state index contributed by atoms with van der Waals surface area (Å²) in [4.78, 5) is 32.2. The smallest absolute Gasteiger partial charge is 0.329 e. The van der Waals surface area contributed by atoms with Crippen LogP contribution >= 0.6 is 11.6 Å². The molecule has 0 bridgehead atoms. The molecule has 0 radical (unpaired) electrons. The van der Waals surface area contributed by atoms with Gasteiger partial charge in [-0.15, -0.1) is 0 Å². The maximum atomic E-state index is 13.4. The highest BCUT2D eigenvalue weighted by Crippen LogP contribution is 2.43. The predicted octanol–water partition coefficient (Wildman–Crippen LogP) is 5.65. The summed E-state index contributed by atoms with van der Waals surface area (Å²) >= 11 is 6.48. The summed E-state index contributed by atoms with van der Waals surface area (Å²) in [5.41, 5.74) is 0.928. The lowest BCUT2D eigenvalue weighted by molar-refractivity contribution is -0.145. The van der Waals surface area contributed by atoms with Crippen molar-refractivity contribution in [1.82, 2.24) is 15.2 Å². The fourth-order valence-corrected chi connectivity index (χ4v) is 4.36. The molecule has 0 aliphatic carbocycles. The second-order valence-electron chi connectivity index (χ2n) is 10.4. The van der Waals surface area contributed by atoms with Crippen LogP contribution in [0.3, 0.4) is 0 Å². The highest BCUT2D eigenvalue weighted by atomic mass is 35.5. The molecule has 0 aliphatic rings. The third-order valence-corrected chi connectivity index (χ3v) is 7.32. The number of rotatable bonds is 13. The van der Waals surface area contributed by atoms with Gasteiger partial charge in [0.05, 0.1) is 37.1 Å². The molecular formula is C31H38ClN3O6. The number of hydrogen-bond acceptors (Lipinski definition) is 7. The van der Waals surface area contributed by atoms with Crippen LogP contribution < -0.4 is 19.5 Å². The zero-order valence-electron chi connectivity index (χ0n) is 24.6. The number of carboxylic acid groups (broad SMARTS) is 1. The number of benzene rings is 2. The fraction of sp³-hybridized carbons (Fsp3) is 0.387. The van der Waals surface area contributed by atoms with Crippen molar-refractivity contribution in [3.8, 4) is 39.6 Å². The molecule has 0 unspecified atom stereocenters. The molecule has 220 valence electrons. The minimum absolute atomic E-state index is 0.0501. The van der Waals surface area contributed by atoms with Crippen molar-refractivity contribution < 1.29 is 28.9 Å². The van der Waals surface area contributed by atoms with Crippen LogP contribution in [0.15, 0.2) is 48.5 Å². The standard InChI is InChI=1S/C31H38ClN3O6/c1-19(2)31(3,30(37)38)34-29(36)23-15-13-21(27-24(39-6)10-8-11-25(27)40-7)28(33-23)20-12-14-22(32)26(18-20)41-17-9-16-35(4)5/h8,10-15,18-19H,9,16-17H2,1-7H3,(H,34,36)(H,37,38)/t31-/m0/s1. The monoisotopic (exact) mass is 583 g/mol. The minimum Gasteiger partial charge on any atom is -0.496 e. The quantitative estimate of drug-likeness (QED) is 0.249. The van der Waals surface area contributed by atoms with Gasteiger partial charge in [0.15, 0.2) is 0 Å². The average Bonchev–Trinajstić information content (AvgIpc) is 2.94.